The molecule has 23 heavy (non-hydrogen) atoms. The van der Waals surface area contributed by atoms with Crippen LogP contribution in [0.4, 0.5) is 5.82 Å². The van der Waals surface area contributed by atoms with Crippen molar-refractivity contribution in [1.29, 1.82) is 0 Å². The molecule has 3 N–H and O–H groups in total. The van der Waals surface area contributed by atoms with E-state index >= 15 is 0 Å². The van der Waals surface area contributed by atoms with Crippen molar-refractivity contribution in [2.24, 2.45) is 11.8 Å². The Morgan fingerprint density at radius 2 is 2.00 bits per heavy atom. The first-order valence-corrected chi connectivity index (χ1v) is 7.82. The molecular weight excluding hydrogens is 298 g/mol. The summed E-state index contributed by atoms with van der Waals surface area (Å²) in [6, 6.07) is -0.0294. The Bertz CT molecular complexity index is 746. The standard InChI is InChI=1S/C15H21N5O3/c1-7-8(4-21)11-12(23-15(2,3)22-11)10(7)20-6-19-9-13(16)17-5-18-14(9)20/h5-8,10-12,21H,4H2,1-3H3,(H2,16,17,18)/t7?,8-,10+,11+,12-/m0/s1. The third-order valence-electron chi connectivity index (χ3n) is 5.06. The normalized spacial score (nSPS) is 35.7. The van der Waals surface area contributed by atoms with Crippen molar-refractivity contribution in [1.82, 2.24) is 19.5 Å². The van der Waals surface area contributed by atoms with Crippen LogP contribution in [-0.4, -0.2) is 49.2 Å². The molecule has 1 aliphatic carbocycles. The summed E-state index contributed by atoms with van der Waals surface area (Å²) in [7, 11) is 0. The van der Waals surface area contributed by atoms with Crippen LogP contribution in [0.3, 0.4) is 0 Å². The fraction of sp³-hybridized carbons (Fsp3) is 0.667. The SMILES string of the molecule is CC1[C@@H](n2cnc3c(N)ncnc32)[C@@H]2OC(C)(C)O[C@@H]2[C@H]1CO. The molecule has 8 nitrogen and oxygen atoms in total. The number of aromatic nitrogens is 4. The lowest BCUT2D eigenvalue weighted by Gasteiger charge is -2.28. The first kappa shape index (κ1) is 14.8. The van der Waals surface area contributed by atoms with E-state index in [9.17, 15) is 5.11 Å². The van der Waals surface area contributed by atoms with Crippen molar-refractivity contribution in [2.75, 3.05) is 12.3 Å². The van der Waals surface area contributed by atoms with Crippen LogP contribution in [-0.2, 0) is 9.47 Å². The molecule has 4 rings (SSSR count). The molecule has 8 heteroatoms. The molecule has 0 bridgehead atoms. The zero-order valence-corrected chi connectivity index (χ0v) is 13.4. The van der Waals surface area contributed by atoms with Crippen LogP contribution in [0.2, 0.25) is 0 Å². The van der Waals surface area contributed by atoms with Gasteiger partial charge in [-0.3, -0.25) is 0 Å². The van der Waals surface area contributed by atoms with Crippen LogP contribution >= 0.6 is 0 Å². The van der Waals surface area contributed by atoms with Gasteiger partial charge in [-0.05, 0) is 19.8 Å². The zero-order chi connectivity index (χ0) is 16.4. The lowest BCUT2D eigenvalue weighted by atomic mass is 9.95. The molecule has 0 aromatic carbocycles. The molecule has 1 saturated carbocycles. The maximum absolute atomic E-state index is 9.82. The number of ether oxygens (including phenoxy) is 2. The lowest BCUT2D eigenvalue weighted by molar-refractivity contribution is -0.166. The molecule has 1 saturated heterocycles. The molecule has 2 fully saturated rings. The van der Waals surface area contributed by atoms with E-state index in [0.717, 1.165) is 0 Å². The van der Waals surface area contributed by atoms with Gasteiger partial charge in [0.1, 0.15) is 17.9 Å². The fourth-order valence-corrected chi connectivity index (χ4v) is 4.03. The van der Waals surface area contributed by atoms with Gasteiger partial charge >= 0.3 is 0 Å². The molecule has 1 unspecified atom stereocenters. The number of hydrogen-bond donors (Lipinski definition) is 2. The number of nitrogen functional groups attached to an aromatic ring is 1. The van der Waals surface area contributed by atoms with E-state index < -0.39 is 5.79 Å². The molecule has 2 aliphatic rings. The molecule has 2 aromatic rings. The predicted octanol–water partition coefficient (Wildman–Crippen LogP) is 0.728. The van der Waals surface area contributed by atoms with Crippen LogP contribution in [0.25, 0.3) is 11.2 Å². The maximum atomic E-state index is 9.82. The van der Waals surface area contributed by atoms with Crippen molar-refractivity contribution < 1.29 is 14.6 Å². The van der Waals surface area contributed by atoms with Gasteiger partial charge in [0, 0.05) is 12.5 Å². The largest absolute Gasteiger partial charge is 0.396 e. The topological polar surface area (TPSA) is 108 Å². The Hall–Kier alpha value is -1.77. The number of imidazole rings is 1. The third-order valence-corrected chi connectivity index (χ3v) is 5.06. The summed E-state index contributed by atoms with van der Waals surface area (Å²) >= 11 is 0. The Labute approximate surface area is 133 Å². The highest BCUT2D eigenvalue weighted by Crippen LogP contribution is 2.50. The van der Waals surface area contributed by atoms with Crippen molar-refractivity contribution in [3.8, 4) is 0 Å². The number of anilines is 1. The van der Waals surface area contributed by atoms with Gasteiger partial charge in [0.25, 0.3) is 0 Å². The highest BCUT2D eigenvalue weighted by molar-refractivity contribution is 5.81. The summed E-state index contributed by atoms with van der Waals surface area (Å²) in [6.07, 6.45) is 2.85. The van der Waals surface area contributed by atoms with Crippen molar-refractivity contribution in [3.63, 3.8) is 0 Å². The second kappa shape index (κ2) is 4.86. The van der Waals surface area contributed by atoms with E-state index in [-0.39, 0.29) is 36.7 Å². The monoisotopic (exact) mass is 319 g/mol. The minimum Gasteiger partial charge on any atom is -0.396 e. The van der Waals surface area contributed by atoms with E-state index in [2.05, 4.69) is 21.9 Å². The molecular formula is C15H21N5O3. The molecule has 124 valence electrons. The van der Waals surface area contributed by atoms with E-state index in [0.29, 0.717) is 17.0 Å². The Morgan fingerprint density at radius 1 is 1.26 bits per heavy atom. The highest BCUT2D eigenvalue weighted by atomic mass is 16.8. The molecule has 0 radical (unpaired) electrons. The molecule has 1 aliphatic heterocycles. The summed E-state index contributed by atoms with van der Waals surface area (Å²) < 4.78 is 14.2. The van der Waals surface area contributed by atoms with Gasteiger partial charge in [-0.2, -0.15) is 0 Å². The number of aliphatic hydroxyl groups excluding tert-OH is 1. The van der Waals surface area contributed by atoms with Crippen LogP contribution in [0.15, 0.2) is 12.7 Å². The van der Waals surface area contributed by atoms with E-state index in [4.69, 9.17) is 15.2 Å². The Balaban J connectivity index is 1.81. The number of hydrogen-bond acceptors (Lipinski definition) is 7. The van der Waals surface area contributed by atoms with E-state index in [1.807, 2.05) is 18.4 Å². The van der Waals surface area contributed by atoms with Crippen LogP contribution < -0.4 is 5.73 Å². The summed E-state index contributed by atoms with van der Waals surface area (Å²) in [4.78, 5) is 12.7. The van der Waals surface area contributed by atoms with Crippen molar-refractivity contribution >= 4 is 17.0 Å². The number of fused-ring (bicyclic) bond motifs is 2. The average Bonchev–Trinajstić information content (AvgIpc) is 3.09. The van der Waals surface area contributed by atoms with Gasteiger partial charge in [0.15, 0.2) is 17.3 Å². The Kier molecular flexibility index (Phi) is 3.13. The van der Waals surface area contributed by atoms with Gasteiger partial charge in [0.05, 0.1) is 18.5 Å². The minimum atomic E-state index is -0.661. The summed E-state index contributed by atoms with van der Waals surface area (Å²) in [5.74, 6) is -0.146. The van der Waals surface area contributed by atoms with Crippen LogP contribution in [0, 0.1) is 11.8 Å². The first-order valence-electron chi connectivity index (χ1n) is 7.82. The van der Waals surface area contributed by atoms with Crippen LogP contribution in [0.5, 0.6) is 0 Å². The number of aliphatic hydroxyl groups is 1. The number of nitrogens with zero attached hydrogens (tertiary/aromatic N) is 4. The molecule has 3 heterocycles. The Morgan fingerprint density at radius 3 is 2.74 bits per heavy atom. The second-order valence-corrected chi connectivity index (χ2v) is 6.84. The molecule has 0 spiro atoms. The van der Waals surface area contributed by atoms with E-state index in [1.165, 1.54) is 6.33 Å². The summed E-state index contributed by atoms with van der Waals surface area (Å²) in [5, 5.41) is 9.82. The van der Waals surface area contributed by atoms with Gasteiger partial charge in [0.2, 0.25) is 0 Å². The molecule has 0 amide bonds. The van der Waals surface area contributed by atoms with Gasteiger partial charge in [-0.1, -0.05) is 6.92 Å². The van der Waals surface area contributed by atoms with Crippen molar-refractivity contribution in [3.05, 3.63) is 12.7 Å². The quantitative estimate of drug-likeness (QED) is 0.840. The number of rotatable bonds is 2. The highest BCUT2D eigenvalue weighted by Gasteiger charge is 2.58. The second-order valence-electron chi connectivity index (χ2n) is 6.84. The average molecular weight is 319 g/mol. The van der Waals surface area contributed by atoms with Crippen LogP contribution in [0.1, 0.15) is 26.8 Å². The molecule has 2 aromatic heterocycles. The van der Waals surface area contributed by atoms with Crippen molar-refractivity contribution in [2.45, 2.75) is 44.8 Å². The lowest BCUT2D eigenvalue weighted by Crippen LogP contribution is -2.30. The summed E-state index contributed by atoms with van der Waals surface area (Å²) in [5.41, 5.74) is 7.15. The first-order chi connectivity index (χ1) is 10.9. The maximum Gasteiger partial charge on any atom is 0.165 e. The molecule has 5 atom stereocenters. The van der Waals surface area contributed by atoms with Gasteiger partial charge in [-0.25, -0.2) is 15.0 Å². The van der Waals surface area contributed by atoms with Gasteiger partial charge in [-0.15, -0.1) is 0 Å². The fourth-order valence-electron chi connectivity index (χ4n) is 4.03. The van der Waals surface area contributed by atoms with Gasteiger partial charge < -0.3 is 24.9 Å². The van der Waals surface area contributed by atoms with E-state index in [1.54, 1.807) is 6.33 Å². The third kappa shape index (κ3) is 2.05. The minimum absolute atomic E-state index is 0.00316. The summed E-state index contributed by atoms with van der Waals surface area (Å²) in [6.45, 7) is 5.95. The zero-order valence-electron chi connectivity index (χ0n) is 13.4. The number of nitrogens with two attached hydrogens (primary N) is 1. The smallest absolute Gasteiger partial charge is 0.165 e. The predicted molar refractivity (Wildman–Crippen MR) is 82.3 cm³/mol.